The number of esters is 1. The molecule has 156 valence electrons. The lowest BCUT2D eigenvalue weighted by Gasteiger charge is -2.09. The Kier molecular flexibility index (Phi) is 7.33. The van der Waals surface area contributed by atoms with E-state index in [1.54, 1.807) is 47.0 Å². The average Bonchev–Trinajstić information content (AvgIpc) is 2.96. The number of halogens is 1. The molecular formula is C20H24FN3O4S. The van der Waals surface area contributed by atoms with Crippen molar-refractivity contribution in [1.82, 2.24) is 4.90 Å². The SMILES string of the molecule is CCOC(=O)c1c(NC(=O)CNc2ccc(C)cc2F)sc(C(=O)N(C)C)c1C. The van der Waals surface area contributed by atoms with Crippen molar-refractivity contribution in [3.8, 4) is 0 Å². The molecule has 0 spiro atoms. The highest BCUT2D eigenvalue weighted by Crippen LogP contribution is 2.34. The lowest BCUT2D eigenvalue weighted by molar-refractivity contribution is -0.114. The molecule has 2 rings (SSSR count). The van der Waals surface area contributed by atoms with Crippen molar-refractivity contribution >= 4 is 39.8 Å². The number of carbonyl (C=O) groups excluding carboxylic acids is 3. The van der Waals surface area contributed by atoms with E-state index in [4.69, 9.17) is 4.74 Å². The minimum atomic E-state index is -0.619. The number of thiophene rings is 1. The van der Waals surface area contributed by atoms with Crippen LogP contribution in [0.25, 0.3) is 0 Å². The number of aryl methyl sites for hydroxylation is 1. The first-order valence-corrected chi connectivity index (χ1v) is 9.79. The molecule has 1 aromatic carbocycles. The van der Waals surface area contributed by atoms with Gasteiger partial charge in [0.2, 0.25) is 5.91 Å². The predicted octanol–water partition coefficient (Wildman–Crippen LogP) is 3.43. The summed E-state index contributed by atoms with van der Waals surface area (Å²) < 4.78 is 19.0. The molecule has 0 aliphatic carbocycles. The van der Waals surface area contributed by atoms with E-state index in [-0.39, 0.29) is 35.3 Å². The van der Waals surface area contributed by atoms with Gasteiger partial charge in [0.05, 0.1) is 29.3 Å². The lowest BCUT2D eigenvalue weighted by Crippen LogP contribution is -2.23. The van der Waals surface area contributed by atoms with Crippen molar-refractivity contribution < 1.29 is 23.5 Å². The highest BCUT2D eigenvalue weighted by molar-refractivity contribution is 7.18. The molecule has 0 fully saturated rings. The van der Waals surface area contributed by atoms with Crippen LogP contribution in [0.4, 0.5) is 15.1 Å². The van der Waals surface area contributed by atoms with Crippen LogP contribution < -0.4 is 10.6 Å². The van der Waals surface area contributed by atoms with Crippen LogP contribution in [0.3, 0.4) is 0 Å². The predicted molar refractivity (Wildman–Crippen MR) is 111 cm³/mol. The maximum Gasteiger partial charge on any atom is 0.341 e. The number of anilines is 2. The van der Waals surface area contributed by atoms with Crippen molar-refractivity contribution in [2.45, 2.75) is 20.8 Å². The first-order valence-electron chi connectivity index (χ1n) is 8.97. The van der Waals surface area contributed by atoms with Crippen molar-refractivity contribution in [3.63, 3.8) is 0 Å². The fraction of sp³-hybridized carbons (Fsp3) is 0.350. The molecule has 9 heteroatoms. The van der Waals surface area contributed by atoms with Gasteiger partial charge in [-0.25, -0.2) is 9.18 Å². The fourth-order valence-corrected chi connectivity index (χ4v) is 3.80. The maximum atomic E-state index is 13.9. The Bertz CT molecular complexity index is 940. The van der Waals surface area contributed by atoms with Gasteiger partial charge in [-0.05, 0) is 44.0 Å². The van der Waals surface area contributed by atoms with E-state index >= 15 is 0 Å². The third kappa shape index (κ3) is 5.32. The second-order valence-electron chi connectivity index (χ2n) is 6.57. The number of nitrogens with one attached hydrogen (secondary N) is 2. The summed E-state index contributed by atoms with van der Waals surface area (Å²) in [6.07, 6.45) is 0. The van der Waals surface area contributed by atoms with Crippen molar-refractivity contribution in [2.75, 3.05) is 37.9 Å². The summed E-state index contributed by atoms with van der Waals surface area (Å²) >= 11 is 1.01. The molecule has 0 radical (unpaired) electrons. The average molecular weight is 421 g/mol. The summed E-state index contributed by atoms with van der Waals surface area (Å²) in [4.78, 5) is 38.9. The quantitative estimate of drug-likeness (QED) is 0.669. The summed E-state index contributed by atoms with van der Waals surface area (Å²) in [6, 6.07) is 4.63. The van der Waals surface area contributed by atoms with Gasteiger partial charge in [0, 0.05) is 14.1 Å². The molecule has 0 aliphatic rings. The maximum absolute atomic E-state index is 13.9. The Hall–Kier alpha value is -2.94. The van der Waals surface area contributed by atoms with Crippen LogP contribution in [0.15, 0.2) is 18.2 Å². The van der Waals surface area contributed by atoms with Crippen LogP contribution >= 0.6 is 11.3 Å². The smallest absolute Gasteiger partial charge is 0.341 e. The van der Waals surface area contributed by atoms with Crippen LogP contribution in [0.1, 0.15) is 38.1 Å². The van der Waals surface area contributed by atoms with Crippen molar-refractivity contribution in [3.05, 3.63) is 45.6 Å². The third-order valence-electron chi connectivity index (χ3n) is 4.04. The van der Waals surface area contributed by atoms with E-state index in [9.17, 15) is 18.8 Å². The highest BCUT2D eigenvalue weighted by atomic mass is 32.1. The van der Waals surface area contributed by atoms with Gasteiger partial charge in [-0.3, -0.25) is 9.59 Å². The van der Waals surface area contributed by atoms with Crippen LogP contribution in [-0.2, 0) is 9.53 Å². The highest BCUT2D eigenvalue weighted by Gasteiger charge is 2.27. The van der Waals surface area contributed by atoms with Gasteiger partial charge in [-0.1, -0.05) is 6.07 Å². The molecular weight excluding hydrogens is 397 g/mol. The number of hydrogen-bond acceptors (Lipinski definition) is 6. The Morgan fingerprint density at radius 2 is 1.90 bits per heavy atom. The van der Waals surface area contributed by atoms with E-state index < -0.39 is 17.7 Å². The minimum absolute atomic E-state index is 0.150. The molecule has 0 atom stereocenters. The zero-order valence-electron chi connectivity index (χ0n) is 17.0. The largest absolute Gasteiger partial charge is 0.462 e. The van der Waals surface area contributed by atoms with E-state index in [1.165, 1.54) is 11.0 Å². The normalized spacial score (nSPS) is 10.4. The molecule has 0 aliphatic heterocycles. The lowest BCUT2D eigenvalue weighted by atomic mass is 10.1. The van der Waals surface area contributed by atoms with Crippen molar-refractivity contribution in [2.24, 2.45) is 0 Å². The Labute approximate surface area is 172 Å². The third-order valence-corrected chi connectivity index (χ3v) is 5.24. The first-order chi connectivity index (χ1) is 13.6. The van der Waals surface area contributed by atoms with Crippen LogP contribution in [0.2, 0.25) is 0 Å². The molecule has 0 unspecified atom stereocenters. The Balaban J connectivity index is 2.23. The molecule has 2 N–H and O–H groups in total. The molecule has 2 amide bonds. The summed E-state index contributed by atoms with van der Waals surface area (Å²) in [5.74, 6) is -1.85. The van der Waals surface area contributed by atoms with Crippen LogP contribution in [0.5, 0.6) is 0 Å². The molecule has 2 aromatic rings. The molecule has 1 heterocycles. The van der Waals surface area contributed by atoms with E-state index in [1.807, 2.05) is 0 Å². The minimum Gasteiger partial charge on any atom is -0.462 e. The number of nitrogens with zero attached hydrogens (tertiary/aromatic N) is 1. The van der Waals surface area contributed by atoms with Gasteiger partial charge >= 0.3 is 5.97 Å². The number of hydrogen-bond donors (Lipinski definition) is 2. The fourth-order valence-electron chi connectivity index (χ4n) is 2.57. The Morgan fingerprint density at radius 1 is 1.21 bits per heavy atom. The van der Waals surface area contributed by atoms with Gasteiger partial charge in [0.25, 0.3) is 5.91 Å². The van der Waals surface area contributed by atoms with Crippen molar-refractivity contribution in [1.29, 1.82) is 0 Å². The van der Waals surface area contributed by atoms with Crippen LogP contribution in [0, 0.1) is 19.7 Å². The van der Waals surface area contributed by atoms with E-state index in [0.717, 1.165) is 16.9 Å². The van der Waals surface area contributed by atoms with E-state index in [2.05, 4.69) is 10.6 Å². The van der Waals surface area contributed by atoms with Gasteiger partial charge < -0.3 is 20.3 Å². The molecule has 0 saturated carbocycles. The van der Waals surface area contributed by atoms with Gasteiger partial charge in [-0.15, -0.1) is 11.3 Å². The second kappa shape index (κ2) is 9.51. The Morgan fingerprint density at radius 3 is 2.48 bits per heavy atom. The number of amides is 2. The standard InChI is InChI=1S/C20H24FN3O4S/c1-6-28-20(27)16-12(3)17(19(26)24(4)5)29-18(16)23-15(25)10-22-14-8-7-11(2)9-13(14)21/h7-9,22H,6,10H2,1-5H3,(H,23,25). The monoisotopic (exact) mass is 421 g/mol. The molecule has 1 aromatic heterocycles. The molecule has 0 saturated heterocycles. The molecule has 0 bridgehead atoms. The van der Waals surface area contributed by atoms with Crippen LogP contribution in [-0.4, -0.2) is 49.9 Å². The van der Waals surface area contributed by atoms with E-state index in [0.29, 0.717) is 10.4 Å². The molecule has 29 heavy (non-hydrogen) atoms. The van der Waals surface area contributed by atoms with Gasteiger partial charge in [0.1, 0.15) is 10.8 Å². The number of ether oxygens (including phenoxy) is 1. The summed E-state index contributed by atoms with van der Waals surface area (Å²) in [7, 11) is 3.20. The zero-order chi connectivity index (χ0) is 21.7. The summed E-state index contributed by atoms with van der Waals surface area (Å²) in [5.41, 5.74) is 1.56. The van der Waals surface area contributed by atoms with Gasteiger partial charge in [-0.2, -0.15) is 0 Å². The number of benzene rings is 1. The number of rotatable bonds is 7. The summed E-state index contributed by atoms with van der Waals surface area (Å²) in [6.45, 7) is 5.02. The second-order valence-corrected chi connectivity index (χ2v) is 7.59. The zero-order valence-corrected chi connectivity index (χ0v) is 17.8. The molecule has 7 nitrogen and oxygen atoms in total. The first kappa shape index (κ1) is 22.4. The topological polar surface area (TPSA) is 87.7 Å². The summed E-state index contributed by atoms with van der Waals surface area (Å²) in [5, 5.41) is 5.58. The number of carbonyl (C=O) groups is 3. The van der Waals surface area contributed by atoms with Gasteiger partial charge in [0.15, 0.2) is 0 Å².